The molecule has 1 fully saturated rings. The minimum absolute atomic E-state index is 0.0428. The zero-order chi connectivity index (χ0) is 14.3. The van der Waals surface area contributed by atoms with E-state index in [-0.39, 0.29) is 12.5 Å². The first-order chi connectivity index (χ1) is 9.15. The highest BCUT2D eigenvalue weighted by Crippen LogP contribution is 2.35. The number of amides is 1. The number of aliphatic hydroxyl groups excluding tert-OH is 1. The van der Waals surface area contributed by atoms with Gasteiger partial charge in [0.05, 0.1) is 12.0 Å². The van der Waals surface area contributed by atoms with E-state index in [0.29, 0.717) is 19.1 Å². The molecule has 1 rings (SSSR count). The van der Waals surface area contributed by atoms with Gasteiger partial charge >= 0.3 is 0 Å². The van der Waals surface area contributed by atoms with Crippen LogP contribution in [-0.4, -0.2) is 41.7 Å². The lowest BCUT2D eigenvalue weighted by atomic mass is 9.76. The topological polar surface area (TPSA) is 66.6 Å². The Kier molecular flexibility index (Phi) is 6.80. The smallest absolute Gasteiger partial charge is 0.230 e. The number of nitrogens with two attached hydrogens (primary N) is 1. The molecule has 1 aliphatic carbocycles. The second-order valence-corrected chi connectivity index (χ2v) is 5.79. The number of rotatable bonds is 9. The maximum absolute atomic E-state index is 12.9. The van der Waals surface area contributed by atoms with Crippen molar-refractivity contribution < 1.29 is 9.90 Å². The molecule has 0 bridgehead atoms. The van der Waals surface area contributed by atoms with Gasteiger partial charge in [0.25, 0.3) is 0 Å². The fourth-order valence-electron chi connectivity index (χ4n) is 3.15. The largest absolute Gasteiger partial charge is 0.395 e. The summed E-state index contributed by atoms with van der Waals surface area (Å²) >= 11 is 0. The standard InChI is InChI=1S/C15H30N2O2/c1-3-8-15(12-16,9-4-2)14(19)17(10-11-18)13-6-5-7-13/h13,18H,3-12,16H2,1-2H3. The zero-order valence-electron chi connectivity index (χ0n) is 12.5. The van der Waals surface area contributed by atoms with E-state index in [1.807, 2.05) is 4.90 Å². The summed E-state index contributed by atoms with van der Waals surface area (Å²) in [6.45, 7) is 5.13. The van der Waals surface area contributed by atoms with Crippen molar-refractivity contribution in [3.05, 3.63) is 0 Å². The second kappa shape index (κ2) is 7.85. The number of carbonyl (C=O) groups is 1. The monoisotopic (exact) mass is 270 g/mol. The number of hydrogen-bond donors (Lipinski definition) is 2. The highest BCUT2D eigenvalue weighted by molar-refractivity contribution is 5.83. The van der Waals surface area contributed by atoms with Crippen LogP contribution in [0.4, 0.5) is 0 Å². The maximum atomic E-state index is 12.9. The molecule has 19 heavy (non-hydrogen) atoms. The second-order valence-electron chi connectivity index (χ2n) is 5.79. The number of nitrogens with zero attached hydrogens (tertiary/aromatic N) is 1. The SMILES string of the molecule is CCCC(CN)(CCC)C(=O)N(CCO)C1CCC1. The summed E-state index contributed by atoms with van der Waals surface area (Å²) in [5.74, 6) is 0.178. The van der Waals surface area contributed by atoms with Gasteiger partial charge < -0.3 is 15.7 Å². The maximum Gasteiger partial charge on any atom is 0.230 e. The molecule has 0 aliphatic heterocycles. The molecule has 0 aromatic carbocycles. The Morgan fingerprint density at radius 2 is 1.89 bits per heavy atom. The molecule has 3 N–H and O–H groups in total. The molecular weight excluding hydrogens is 240 g/mol. The van der Waals surface area contributed by atoms with E-state index in [4.69, 9.17) is 5.73 Å². The summed E-state index contributed by atoms with van der Waals surface area (Å²) in [4.78, 5) is 14.8. The molecule has 0 spiro atoms. The van der Waals surface area contributed by atoms with Crippen LogP contribution in [0.1, 0.15) is 58.8 Å². The Morgan fingerprint density at radius 3 is 2.21 bits per heavy atom. The molecule has 4 nitrogen and oxygen atoms in total. The Bertz CT molecular complexity index is 271. The Balaban J connectivity index is 2.86. The Morgan fingerprint density at radius 1 is 1.32 bits per heavy atom. The Hall–Kier alpha value is -0.610. The summed E-state index contributed by atoms with van der Waals surface area (Å²) in [6, 6.07) is 0.333. The summed E-state index contributed by atoms with van der Waals surface area (Å²) in [5.41, 5.74) is 5.56. The van der Waals surface area contributed by atoms with Gasteiger partial charge in [-0.1, -0.05) is 26.7 Å². The highest BCUT2D eigenvalue weighted by Gasteiger charge is 2.41. The molecule has 0 aromatic rings. The van der Waals surface area contributed by atoms with Gasteiger partial charge in [0.2, 0.25) is 5.91 Å². The van der Waals surface area contributed by atoms with Gasteiger partial charge in [0.1, 0.15) is 0 Å². The quantitative estimate of drug-likeness (QED) is 0.672. The lowest BCUT2D eigenvalue weighted by molar-refractivity contribution is -0.147. The molecule has 1 saturated carbocycles. The molecule has 1 aliphatic rings. The van der Waals surface area contributed by atoms with Gasteiger partial charge in [0.15, 0.2) is 0 Å². The van der Waals surface area contributed by atoms with Gasteiger partial charge in [0, 0.05) is 19.1 Å². The first kappa shape index (κ1) is 16.4. The van der Waals surface area contributed by atoms with Gasteiger partial charge in [-0.2, -0.15) is 0 Å². The lowest BCUT2D eigenvalue weighted by Crippen LogP contribution is -2.54. The predicted molar refractivity (Wildman–Crippen MR) is 77.7 cm³/mol. The van der Waals surface area contributed by atoms with Crippen LogP contribution in [-0.2, 0) is 4.79 Å². The van der Waals surface area contributed by atoms with Crippen LogP contribution in [0.3, 0.4) is 0 Å². The van der Waals surface area contributed by atoms with E-state index in [0.717, 1.165) is 38.5 Å². The molecular formula is C15H30N2O2. The third-order valence-corrected chi connectivity index (χ3v) is 4.42. The normalized spacial score (nSPS) is 16.2. The van der Waals surface area contributed by atoms with Crippen molar-refractivity contribution in [2.45, 2.75) is 64.8 Å². The van der Waals surface area contributed by atoms with Crippen LogP contribution in [0.5, 0.6) is 0 Å². The minimum Gasteiger partial charge on any atom is -0.395 e. The van der Waals surface area contributed by atoms with Crippen molar-refractivity contribution in [2.24, 2.45) is 11.1 Å². The summed E-state index contributed by atoms with van der Waals surface area (Å²) in [5, 5.41) is 9.23. The molecule has 0 atom stereocenters. The van der Waals surface area contributed by atoms with Crippen molar-refractivity contribution in [1.82, 2.24) is 4.90 Å². The van der Waals surface area contributed by atoms with E-state index >= 15 is 0 Å². The van der Waals surface area contributed by atoms with Gasteiger partial charge in [-0.3, -0.25) is 4.79 Å². The van der Waals surface area contributed by atoms with Crippen LogP contribution in [0.15, 0.2) is 0 Å². The fraction of sp³-hybridized carbons (Fsp3) is 0.933. The lowest BCUT2D eigenvalue weighted by Gasteiger charge is -2.43. The number of aliphatic hydroxyl groups is 1. The number of carbonyl (C=O) groups excluding carboxylic acids is 1. The zero-order valence-corrected chi connectivity index (χ0v) is 12.5. The number of hydrogen-bond acceptors (Lipinski definition) is 3. The van der Waals surface area contributed by atoms with Crippen molar-refractivity contribution in [1.29, 1.82) is 0 Å². The van der Waals surface area contributed by atoms with Crippen LogP contribution in [0, 0.1) is 5.41 Å². The van der Waals surface area contributed by atoms with E-state index < -0.39 is 5.41 Å². The summed E-state index contributed by atoms with van der Waals surface area (Å²) in [7, 11) is 0. The van der Waals surface area contributed by atoms with E-state index in [2.05, 4.69) is 13.8 Å². The van der Waals surface area contributed by atoms with Gasteiger partial charge in [-0.15, -0.1) is 0 Å². The van der Waals surface area contributed by atoms with Crippen LogP contribution >= 0.6 is 0 Å². The molecule has 4 heteroatoms. The fourth-order valence-corrected chi connectivity index (χ4v) is 3.15. The van der Waals surface area contributed by atoms with Crippen LogP contribution < -0.4 is 5.73 Å². The van der Waals surface area contributed by atoms with Gasteiger partial charge in [-0.05, 0) is 32.1 Å². The summed E-state index contributed by atoms with van der Waals surface area (Å²) in [6.07, 6.45) is 6.99. The Labute approximate surface area is 117 Å². The minimum atomic E-state index is -0.408. The highest BCUT2D eigenvalue weighted by atomic mass is 16.3. The molecule has 0 aromatic heterocycles. The average molecular weight is 270 g/mol. The molecule has 112 valence electrons. The molecule has 0 heterocycles. The van der Waals surface area contributed by atoms with E-state index in [1.165, 1.54) is 6.42 Å². The van der Waals surface area contributed by atoms with E-state index in [1.54, 1.807) is 0 Å². The summed E-state index contributed by atoms with van der Waals surface area (Å²) < 4.78 is 0. The van der Waals surface area contributed by atoms with Crippen molar-refractivity contribution in [3.8, 4) is 0 Å². The van der Waals surface area contributed by atoms with Crippen molar-refractivity contribution in [2.75, 3.05) is 19.7 Å². The third-order valence-electron chi connectivity index (χ3n) is 4.42. The first-order valence-corrected chi connectivity index (χ1v) is 7.77. The molecule has 0 unspecified atom stereocenters. The van der Waals surface area contributed by atoms with Crippen LogP contribution in [0.25, 0.3) is 0 Å². The van der Waals surface area contributed by atoms with Gasteiger partial charge in [-0.25, -0.2) is 0 Å². The van der Waals surface area contributed by atoms with Crippen LogP contribution in [0.2, 0.25) is 0 Å². The molecule has 1 amide bonds. The van der Waals surface area contributed by atoms with E-state index in [9.17, 15) is 9.90 Å². The molecule has 0 saturated heterocycles. The average Bonchev–Trinajstić information content (AvgIpc) is 2.35. The molecule has 0 radical (unpaired) electrons. The first-order valence-electron chi connectivity index (χ1n) is 7.77. The van der Waals surface area contributed by atoms with Crippen molar-refractivity contribution >= 4 is 5.91 Å². The third kappa shape index (κ3) is 3.69. The van der Waals surface area contributed by atoms with Crippen molar-refractivity contribution in [3.63, 3.8) is 0 Å². The predicted octanol–water partition coefficient (Wildman–Crippen LogP) is 1.91.